The van der Waals surface area contributed by atoms with E-state index in [1.807, 2.05) is 0 Å². The number of methoxy groups -OCH3 is 1. The third kappa shape index (κ3) is 6.32. The summed E-state index contributed by atoms with van der Waals surface area (Å²) in [6.07, 6.45) is 0.781. The van der Waals surface area contributed by atoms with Crippen LogP contribution in [0.5, 0.6) is 11.5 Å². The van der Waals surface area contributed by atoms with E-state index in [1.165, 1.54) is 17.4 Å². The van der Waals surface area contributed by atoms with Crippen LogP contribution in [0.3, 0.4) is 0 Å². The van der Waals surface area contributed by atoms with Crippen LogP contribution in [-0.4, -0.2) is 30.4 Å². The van der Waals surface area contributed by atoms with E-state index in [1.54, 1.807) is 55.0 Å². The fraction of sp³-hybridized carbons (Fsp3) is 0.227. The SMILES string of the molecule is COc1ccc(C(=O)CCCC(=O)Nc2nc(-c3ccccc3OC(F)F)cs2)cc1. The van der Waals surface area contributed by atoms with Crippen LogP contribution in [0.2, 0.25) is 0 Å². The number of hydrogen-bond acceptors (Lipinski definition) is 6. The van der Waals surface area contributed by atoms with Gasteiger partial charge >= 0.3 is 6.61 Å². The summed E-state index contributed by atoms with van der Waals surface area (Å²) >= 11 is 1.18. The number of thiazole rings is 1. The van der Waals surface area contributed by atoms with Crippen molar-refractivity contribution in [2.24, 2.45) is 0 Å². The van der Waals surface area contributed by atoms with E-state index in [0.29, 0.717) is 34.1 Å². The van der Waals surface area contributed by atoms with Crippen molar-refractivity contribution in [3.8, 4) is 22.8 Å². The molecule has 2 aromatic carbocycles. The van der Waals surface area contributed by atoms with Crippen LogP contribution in [0.4, 0.5) is 13.9 Å². The van der Waals surface area contributed by atoms with E-state index < -0.39 is 6.61 Å². The van der Waals surface area contributed by atoms with Gasteiger partial charge in [0.15, 0.2) is 10.9 Å². The van der Waals surface area contributed by atoms with Gasteiger partial charge in [0.05, 0.1) is 12.8 Å². The van der Waals surface area contributed by atoms with Gasteiger partial charge in [-0.15, -0.1) is 11.3 Å². The Labute approximate surface area is 181 Å². The number of nitrogens with zero attached hydrogens (tertiary/aromatic N) is 1. The molecule has 31 heavy (non-hydrogen) atoms. The summed E-state index contributed by atoms with van der Waals surface area (Å²) in [5, 5.41) is 4.66. The maximum absolute atomic E-state index is 12.6. The summed E-state index contributed by atoms with van der Waals surface area (Å²) in [7, 11) is 1.55. The second-order valence-electron chi connectivity index (χ2n) is 6.47. The number of alkyl halides is 2. The molecule has 0 radical (unpaired) electrons. The molecule has 0 spiro atoms. The van der Waals surface area contributed by atoms with Crippen molar-refractivity contribution in [1.82, 2.24) is 4.98 Å². The zero-order chi connectivity index (χ0) is 22.2. The Hall–Kier alpha value is -3.33. The van der Waals surface area contributed by atoms with E-state index in [-0.39, 0.29) is 30.3 Å². The van der Waals surface area contributed by atoms with Crippen molar-refractivity contribution < 1.29 is 27.8 Å². The van der Waals surface area contributed by atoms with Crippen LogP contribution in [0.25, 0.3) is 11.3 Å². The van der Waals surface area contributed by atoms with E-state index in [9.17, 15) is 18.4 Å². The number of anilines is 1. The fourth-order valence-electron chi connectivity index (χ4n) is 2.84. The maximum Gasteiger partial charge on any atom is 0.387 e. The molecule has 1 N–H and O–H groups in total. The predicted octanol–water partition coefficient (Wildman–Crippen LogP) is 5.41. The molecule has 6 nitrogen and oxygen atoms in total. The minimum absolute atomic E-state index is 0.0118. The van der Waals surface area contributed by atoms with E-state index >= 15 is 0 Å². The number of carbonyl (C=O) groups is 2. The Morgan fingerprint density at radius 2 is 1.84 bits per heavy atom. The molecule has 162 valence electrons. The van der Waals surface area contributed by atoms with Gasteiger partial charge < -0.3 is 14.8 Å². The first kappa shape index (κ1) is 22.4. The number of aromatic nitrogens is 1. The Bertz CT molecular complexity index is 1040. The molecule has 1 amide bonds. The van der Waals surface area contributed by atoms with Gasteiger partial charge in [-0.1, -0.05) is 12.1 Å². The monoisotopic (exact) mass is 446 g/mol. The van der Waals surface area contributed by atoms with Crippen LogP contribution in [0.15, 0.2) is 53.9 Å². The Balaban J connectivity index is 1.52. The van der Waals surface area contributed by atoms with Gasteiger partial charge in [0, 0.05) is 29.3 Å². The van der Waals surface area contributed by atoms with Crippen LogP contribution >= 0.6 is 11.3 Å². The van der Waals surface area contributed by atoms with Crippen molar-refractivity contribution in [1.29, 1.82) is 0 Å². The molecule has 0 saturated heterocycles. The zero-order valence-electron chi connectivity index (χ0n) is 16.6. The molecule has 0 fully saturated rings. The minimum Gasteiger partial charge on any atom is -0.497 e. The highest BCUT2D eigenvalue weighted by Gasteiger charge is 2.15. The average molecular weight is 446 g/mol. The zero-order valence-corrected chi connectivity index (χ0v) is 17.5. The van der Waals surface area contributed by atoms with Crippen molar-refractivity contribution in [2.75, 3.05) is 12.4 Å². The second-order valence-corrected chi connectivity index (χ2v) is 7.32. The van der Waals surface area contributed by atoms with Gasteiger partial charge in [0.25, 0.3) is 0 Å². The summed E-state index contributed by atoms with van der Waals surface area (Å²) in [6, 6.07) is 13.1. The number of benzene rings is 2. The Kier molecular flexibility index (Phi) is 7.66. The first-order valence-corrected chi connectivity index (χ1v) is 10.3. The Morgan fingerprint density at radius 3 is 2.55 bits per heavy atom. The number of rotatable bonds is 10. The second kappa shape index (κ2) is 10.6. The lowest BCUT2D eigenvalue weighted by molar-refractivity contribution is -0.116. The highest BCUT2D eigenvalue weighted by Crippen LogP contribution is 2.33. The molecule has 1 heterocycles. The molecule has 0 saturated carbocycles. The van der Waals surface area contributed by atoms with E-state index in [2.05, 4.69) is 15.0 Å². The van der Waals surface area contributed by atoms with E-state index in [0.717, 1.165) is 0 Å². The number of nitrogens with one attached hydrogen (secondary N) is 1. The molecular weight excluding hydrogens is 426 g/mol. The smallest absolute Gasteiger partial charge is 0.387 e. The molecule has 1 aromatic heterocycles. The topological polar surface area (TPSA) is 77.5 Å². The van der Waals surface area contributed by atoms with Gasteiger partial charge in [-0.05, 0) is 42.8 Å². The van der Waals surface area contributed by atoms with Gasteiger partial charge in [-0.25, -0.2) is 4.98 Å². The first-order chi connectivity index (χ1) is 15.0. The minimum atomic E-state index is -2.94. The van der Waals surface area contributed by atoms with Crippen molar-refractivity contribution in [2.45, 2.75) is 25.9 Å². The fourth-order valence-corrected chi connectivity index (χ4v) is 3.57. The van der Waals surface area contributed by atoms with Crippen LogP contribution in [0, 0.1) is 0 Å². The average Bonchev–Trinajstić information content (AvgIpc) is 3.21. The number of ketones is 1. The molecule has 9 heteroatoms. The molecule has 0 atom stereocenters. The number of amides is 1. The van der Waals surface area contributed by atoms with Gasteiger partial charge in [-0.2, -0.15) is 8.78 Å². The summed E-state index contributed by atoms with van der Waals surface area (Å²) in [6.45, 7) is -2.94. The van der Waals surface area contributed by atoms with Gasteiger partial charge in [-0.3, -0.25) is 9.59 Å². The number of Topliss-reactive ketones (excluding diaryl/α,β-unsaturated/α-hetero) is 1. The molecule has 0 aliphatic heterocycles. The normalized spacial score (nSPS) is 10.7. The standard InChI is InChI=1S/C22H20F2N2O4S/c1-29-15-11-9-14(10-12-15)18(27)6-4-8-20(28)26-22-25-17(13-31-22)16-5-2-3-7-19(16)30-21(23)24/h2-3,5,7,9-13,21H,4,6,8H2,1H3,(H,25,26,28). The molecule has 3 aromatic rings. The Morgan fingerprint density at radius 1 is 1.10 bits per heavy atom. The van der Waals surface area contributed by atoms with Crippen molar-refractivity contribution >= 4 is 28.2 Å². The number of para-hydroxylation sites is 1. The van der Waals surface area contributed by atoms with E-state index in [4.69, 9.17) is 4.74 Å². The van der Waals surface area contributed by atoms with Gasteiger partial charge in [0.1, 0.15) is 11.5 Å². The lowest BCUT2D eigenvalue weighted by Crippen LogP contribution is -2.12. The van der Waals surface area contributed by atoms with Crippen molar-refractivity contribution in [3.63, 3.8) is 0 Å². The quantitative estimate of drug-likeness (QED) is 0.421. The summed E-state index contributed by atoms with van der Waals surface area (Å²) in [4.78, 5) is 28.7. The van der Waals surface area contributed by atoms with Crippen LogP contribution in [0.1, 0.15) is 29.6 Å². The molecule has 0 bridgehead atoms. The predicted molar refractivity (Wildman–Crippen MR) is 114 cm³/mol. The third-order valence-electron chi connectivity index (χ3n) is 4.35. The summed E-state index contributed by atoms with van der Waals surface area (Å²) in [5.41, 5.74) is 1.39. The summed E-state index contributed by atoms with van der Waals surface area (Å²) < 4.78 is 34.8. The molecule has 3 rings (SSSR count). The molecule has 0 aliphatic carbocycles. The summed E-state index contributed by atoms with van der Waals surface area (Å²) in [5.74, 6) is 0.350. The largest absolute Gasteiger partial charge is 0.497 e. The van der Waals surface area contributed by atoms with Gasteiger partial charge in [0.2, 0.25) is 5.91 Å². The number of ether oxygens (including phenoxy) is 2. The number of carbonyl (C=O) groups excluding carboxylic acids is 2. The first-order valence-electron chi connectivity index (χ1n) is 9.43. The highest BCUT2D eigenvalue weighted by atomic mass is 32.1. The lowest BCUT2D eigenvalue weighted by Gasteiger charge is -2.08. The highest BCUT2D eigenvalue weighted by molar-refractivity contribution is 7.14. The third-order valence-corrected chi connectivity index (χ3v) is 5.11. The molecular formula is C22H20F2N2O4S. The van der Waals surface area contributed by atoms with Crippen molar-refractivity contribution in [3.05, 3.63) is 59.5 Å². The maximum atomic E-state index is 12.6. The van der Waals surface area contributed by atoms with Crippen LogP contribution < -0.4 is 14.8 Å². The number of halogens is 2. The molecule has 0 unspecified atom stereocenters. The van der Waals surface area contributed by atoms with Crippen LogP contribution in [-0.2, 0) is 4.79 Å². The molecule has 0 aliphatic rings. The number of hydrogen-bond donors (Lipinski definition) is 1. The lowest BCUT2D eigenvalue weighted by atomic mass is 10.1.